The van der Waals surface area contributed by atoms with Gasteiger partial charge in [-0.05, 0) is 11.1 Å². The average Bonchev–Trinajstić information content (AvgIpc) is 2.67. The van der Waals surface area contributed by atoms with Gasteiger partial charge in [0.25, 0.3) is 0 Å². The number of benzene rings is 2. The second-order valence-electron chi connectivity index (χ2n) is 6.14. The van der Waals surface area contributed by atoms with Crippen LogP contribution in [0.25, 0.3) is 0 Å². The highest BCUT2D eigenvalue weighted by molar-refractivity contribution is 5.14. The quantitative estimate of drug-likeness (QED) is 0.784. The molecule has 132 valence electrons. The van der Waals surface area contributed by atoms with E-state index >= 15 is 0 Å². The van der Waals surface area contributed by atoms with E-state index < -0.39 is 18.5 Å². The van der Waals surface area contributed by atoms with E-state index in [4.69, 9.17) is 14.2 Å². The van der Waals surface area contributed by atoms with Crippen LogP contribution in [0.1, 0.15) is 17.5 Å². The van der Waals surface area contributed by atoms with Crippen molar-refractivity contribution in [3.05, 3.63) is 84.4 Å². The van der Waals surface area contributed by atoms with E-state index in [1.807, 2.05) is 60.7 Å². The van der Waals surface area contributed by atoms with Gasteiger partial charge in [-0.1, -0.05) is 66.7 Å². The summed E-state index contributed by atoms with van der Waals surface area (Å²) in [4.78, 5) is 0. The summed E-state index contributed by atoms with van der Waals surface area (Å²) in [7, 11) is 0. The van der Waals surface area contributed by atoms with Crippen LogP contribution in [0.2, 0.25) is 0 Å². The Kier molecular flexibility index (Phi) is 6.36. The molecule has 4 atom stereocenters. The van der Waals surface area contributed by atoms with Crippen molar-refractivity contribution in [1.29, 1.82) is 0 Å². The second kappa shape index (κ2) is 8.92. The van der Waals surface area contributed by atoms with Gasteiger partial charge in [0.1, 0.15) is 6.10 Å². The first-order valence-electron chi connectivity index (χ1n) is 8.53. The van der Waals surface area contributed by atoms with Gasteiger partial charge in [0.2, 0.25) is 0 Å². The maximum absolute atomic E-state index is 10.5. The molecule has 1 fully saturated rings. The summed E-state index contributed by atoms with van der Waals surface area (Å²) < 4.78 is 17.8. The van der Waals surface area contributed by atoms with Crippen molar-refractivity contribution in [1.82, 2.24) is 0 Å². The zero-order valence-corrected chi connectivity index (χ0v) is 14.2. The average molecular weight is 340 g/mol. The van der Waals surface area contributed by atoms with E-state index in [1.165, 1.54) is 0 Å². The maximum atomic E-state index is 10.5. The van der Waals surface area contributed by atoms with Crippen LogP contribution in [0.4, 0.5) is 0 Å². The largest absolute Gasteiger partial charge is 0.390 e. The Morgan fingerprint density at radius 3 is 2.08 bits per heavy atom. The Hall–Kier alpha value is -1.98. The Bertz CT molecular complexity index is 643. The van der Waals surface area contributed by atoms with Crippen molar-refractivity contribution < 1.29 is 19.3 Å². The summed E-state index contributed by atoms with van der Waals surface area (Å²) in [6, 6.07) is 19.7. The fourth-order valence-electron chi connectivity index (χ4n) is 2.85. The Balaban J connectivity index is 1.64. The number of hydrogen-bond donors (Lipinski definition) is 1. The molecule has 0 saturated carbocycles. The summed E-state index contributed by atoms with van der Waals surface area (Å²) in [6.07, 6.45) is 0.0494. The minimum absolute atomic E-state index is 0.243. The van der Waals surface area contributed by atoms with Crippen LogP contribution in [0.3, 0.4) is 0 Å². The Morgan fingerprint density at radius 2 is 1.52 bits per heavy atom. The number of hydrogen-bond acceptors (Lipinski definition) is 4. The highest BCUT2D eigenvalue weighted by atomic mass is 16.7. The van der Waals surface area contributed by atoms with Gasteiger partial charge < -0.3 is 19.3 Å². The molecule has 25 heavy (non-hydrogen) atoms. The molecule has 0 radical (unpaired) electrons. The predicted octanol–water partition coefficient (Wildman–Crippen LogP) is 3.45. The Labute approximate surface area is 148 Å². The molecule has 1 aliphatic rings. The van der Waals surface area contributed by atoms with E-state index in [1.54, 1.807) is 6.08 Å². The van der Waals surface area contributed by atoms with Gasteiger partial charge in [-0.15, -0.1) is 6.58 Å². The SMILES string of the molecule is C=CC1CC(O)C(OCc2ccccc2)[C@H](OCc2ccccc2)O1. The van der Waals surface area contributed by atoms with Crippen LogP contribution in [0.15, 0.2) is 73.3 Å². The van der Waals surface area contributed by atoms with Crippen LogP contribution in [0.5, 0.6) is 0 Å². The molecule has 0 aliphatic carbocycles. The Morgan fingerprint density at radius 1 is 0.960 bits per heavy atom. The van der Waals surface area contributed by atoms with Crippen molar-refractivity contribution in [2.45, 2.75) is 44.2 Å². The first kappa shape index (κ1) is 17.8. The van der Waals surface area contributed by atoms with Crippen molar-refractivity contribution in [2.75, 3.05) is 0 Å². The van der Waals surface area contributed by atoms with Crippen LogP contribution in [-0.4, -0.2) is 29.7 Å². The summed E-state index contributed by atoms with van der Waals surface area (Å²) in [6.45, 7) is 4.55. The van der Waals surface area contributed by atoms with Gasteiger partial charge in [0, 0.05) is 6.42 Å². The summed E-state index contributed by atoms with van der Waals surface area (Å²) >= 11 is 0. The summed E-state index contributed by atoms with van der Waals surface area (Å²) in [5, 5.41) is 10.5. The fraction of sp³-hybridized carbons (Fsp3) is 0.333. The van der Waals surface area contributed by atoms with Gasteiger partial charge in [0.05, 0.1) is 25.4 Å². The van der Waals surface area contributed by atoms with E-state index in [2.05, 4.69) is 6.58 Å². The molecule has 1 heterocycles. The molecule has 1 N–H and O–H groups in total. The molecular weight excluding hydrogens is 316 g/mol. The lowest BCUT2D eigenvalue weighted by Crippen LogP contribution is -2.50. The third kappa shape index (κ3) is 5.00. The van der Waals surface area contributed by atoms with E-state index in [0.29, 0.717) is 19.6 Å². The summed E-state index contributed by atoms with van der Waals surface area (Å²) in [5.41, 5.74) is 2.09. The lowest BCUT2D eigenvalue weighted by Gasteiger charge is -2.38. The van der Waals surface area contributed by atoms with Gasteiger partial charge in [-0.2, -0.15) is 0 Å². The van der Waals surface area contributed by atoms with Crippen molar-refractivity contribution >= 4 is 0 Å². The van der Waals surface area contributed by atoms with Crippen LogP contribution in [-0.2, 0) is 27.4 Å². The molecule has 0 aromatic heterocycles. The topological polar surface area (TPSA) is 47.9 Å². The zero-order valence-electron chi connectivity index (χ0n) is 14.2. The maximum Gasteiger partial charge on any atom is 0.187 e. The highest BCUT2D eigenvalue weighted by Gasteiger charge is 2.38. The van der Waals surface area contributed by atoms with Gasteiger partial charge in [-0.3, -0.25) is 0 Å². The predicted molar refractivity (Wildman–Crippen MR) is 95.7 cm³/mol. The van der Waals surface area contributed by atoms with Gasteiger partial charge in [-0.25, -0.2) is 0 Å². The van der Waals surface area contributed by atoms with Crippen LogP contribution >= 0.6 is 0 Å². The molecule has 4 heteroatoms. The zero-order chi connectivity index (χ0) is 17.5. The standard InChI is InChI=1S/C21H24O4/c1-2-18-13-19(22)20(23-14-16-9-5-3-6-10-16)21(25-18)24-15-17-11-7-4-8-12-17/h2-12,18-22H,1,13-15H2/t18?,19?,20?,21-/m1/s1. The summed E-state index contributed by atoms with van der Waals surface area (Å²) in [5.74, 6) is 0. The van der Waals surface area contributed by atoms with Crippen molar-refractivity contribution in [3.63, 3.8) is 0 Å². The third-order valence-electron chi connectivity index (χ3n) is 4.24. The molecule has 3 unspecified atom stereocenters. The molecule has 4 nitrogen and oxygen atoms in total. The van der Waals surface area contributed by atoms with E-state index in [-0.39, 0.29) is 6.10 Å². The monoisotopic (exact) mass is 340 g/mol. The molecule has 1 saturated heterocycles. The van der Waals surface area contributed by atoms with Crippen LogP contribution in [0, 0.1) is 0 Å². The number of aliphatic hydroxyl groups excluding tert-OH is 1. The number of rotatable bonds is 7. The van der Waals surface area contributed by atoms with Gasteiger partial charge in [0.15, 0.2) is 6.29 Å². The van der Waals surface area contributed by atoms with E-state index in [9.17, 15) is 5.11 Å². The number of aliphatic hydroxyl groups is 1. The van der Waals surface area contributed by atoms with E-state index in [0.717, 1.165) is 11.1 Å². The highest BCUT2D eigenvalue weighted by Crippen LogP contribution is 2.26. The smallest absolute Gasteiger partial charge is 0.187 e. The van der Waals surface area contributed by atoms with Gasteiger partial charge >= 0.3 is 0 Å². The minimum Gasteiger partial charge on any atom is -0.390 e. The van der Waals surface area contributed by atoms with Crippen molar-refractivity contribution in [2.24, 2.45) is 0 Å². The lowest BCUT2D eigenvalue weighted by atomic mass is 10.0. The first-order chi connectivity index (χ1) is 12.3. The molecule has 0 spiro atoms. The molecule has 0 amide bonds. The normalized spacial score (nSPS) is 26.3. The van der Waals surface area contributed by atoms with Crippen LogP contribution < -0.4 is 0 Å². The molecule has 2 aromatic carbocycles. The lowest BCUT2D eigenvalue weighted by molar-refractivity contribution is -0.276. The minimum atomic E-state index is -0.666. The fourth-order valence-corrected chi connectivity index (χ4v) is 2.85. The third-order valence-corrected chi connectivity index (χ3v) is 4.24. The number of ether oxygens (including phenoxy) is 3. The molecule has 3 rings (SSSR count). The first-order valence-corrected chi connectivity index (χ1v) is 8.53. The van der Waals surface area contributed by atoms with Crippen molar-refractivity contribution in [3.8, 4) is 0 Å². The molecule has 2 aromatic rings. The molecule has 0 bridgehead atoms. The molecular formula is C21H24O4. The molecule has 1 aliphatic heterocycles. The second-order valence-corrected chi connectivity index (χ2v) is 6.14.